The number of anilines is 1. The smallest absolute Gasteiger partial charge is 0.435 e. The van der Waals surface area contributed by atoms with Gasteiger partial charge in [0.05, 0.1) is 13.0 Å². The number of amides is 4. The van der Waals surface area contributed by atoms with Gasteiger partial charge in [-0.1, -0.05) is 5.16 Å². The van der Waals surface area contributed by atoms with Crippen LogP contribution >= 0.6 is 0 Å². The van der Waals surface area contributed by atoms with Gasteiger partial charge in [-0.25, -0.2) is 9.59 Å². The van der Waals surface area contributed by atoms with Gasteiger partial charge < -0.3 is 35.8 Å². The number of nitrogens with zero attached hydrogens (tertiary/aromatic N) is 4. The molecule has 0 radical (unpaired) electrons. The van der Waals surface area contributed by atoms with Crippen molar-refractivity contribution >= 4 is 35.5 Å². The van der Waals surface area contributed by atoms with Crippen molar-refractivity contribution in [3.63, 3.8) is 0 Å². The maximum absolute atomic E-state index is 12.8. The molecule has 198 valence electrons. The van der Waals surface area contributed by atoms with Gasteiger partial charge in [0, 0.05) is 44.5 Å². The fraction of sp³-hybridized carbons (Fsp3) is 0.522. The van der Waals surface area contributed by atoms with E-state index in [1.807, 2.05) is 19.0 Å². The first-order chi connectivity index (χ1) is 17.1. The minimum absolute atomic E-state index is 0.0164. The molecule has 0 aromatic heterocycles. The Morgan fingerprint density at radius 2 is 1.86 bits per heavy atom. The zero-order valence-corrected chi connectivity index (χ0v) is 21.2. The molecule has 1 aliphatic heterocycles. The highest BCUT2D eigenvalue weighted by molar-refractivity contribution is 6.02. The van der Waals surface area contributed by atoms with Gasteiger partial charge in [0.1, 0.15) is 6.04 Å². The molecule has 1 aromatic rings. The van der Waals surface area contributed by atoms with Gasteiger partial charge in [-0.05, 0) is 51.7 Å². The van der Waals surface area contributed by atoms with Crippen LogP contribution < -0.4 is 21.3 Å². The Hall–Kier alpha value is -3.87. The Labute approximate surface area is 210 Å². The zero-order valence-electron chi connectivity index (χ0n) is 21.2. The molecular formula is C23H35N7O6. The summed E-state index contributed by atoms with van der Waals surface area (Å²) >= 11 is 0. The zero-order chi connectivity index (χ0) is 26.7. The summed E-state index contributed by atoms with van der Waals surface area (Å²) in [6.07, 6.45) is -0.133. The van der Waals surface area contributed by atoms with E-state index < -0.39 is 24.1 Å². The van der Waals surface area contributed by atoms with Gasteiger partial charge in [-0.3, -0.25) is 14.4 Å². The molecule has 1 saturated heterocycles. The van der Waals surface area contributed by atoms with Crippen molar-refractivity contribution in [3.05, 3.63) is 29.8 Å². The van der Waals surface area contributed by atoms with E-state index in [-0.39, 0.29) is 31.3 Å². The summed E-state index contributed by atoms with van der Waals surface area (Å²) in [5.74, 6) is -0.636. The molecule has 36 heavy (non-hydrogen) atoms. The number of ether oxygens (including phenoxy) is 1. The normalized spacial score (nSPS) is 15.6. The molecule has 2 rings (SSSR count). The van der Waals surface area contributed by atoms with Crippen molar-refractivity contribution in [1.29, 1.82) is 0 Å². The van der Waals surface area contributed by atoms with Gasteiger partial charge in [-0.15, -0.1) is 0 Å². The molecule has 1 heterocycles. The van der Waals surface area contributed by atoms with Gasteiger partial charge >= 0.3 is 18.1 Å². The van der Waals surface area contributed by atoms with Crippen molar-refractivity contribution in [1.82, 2.24) is 20.4 Å². The number of hydrogen-bond donors (Lipinski definition) is 3. The number of carbonyl (C=O) groups is 4. The first kappa shape index (κ1) is 28.4. The molecule has 1 fully saturated rings. The Morgan fingerprint density at radius 1 is 1.17 bits per heavy atom. The van der Waals surface area contributed by atoms with Crippen LogP contribution in [0.2, 0.25) is 0 Å². The average Bonchev–Trinajstić information content (AvgIpc) is 3.20. The lowest BCUT2D eigenvalue weighted by molar-refractivity contribution is -0.142. The lowest BCUT2D eigenvalue weighted by Crippen LogP contribution is -2.46. The van der Waals surface area contributed by atoms with Crippen LogP contribution in [-0.2, 0) is 19.2 Å². The van der Waals surface area contributed by atoms with Gasteiger partial charge in [0.2, 0.25) is 5.91 Å². The molecule has 4 amide bonds. The minimum atomic E-state index is -0.678. The summed E-state index contributed by atoms with van der Waals surface area (Å²) < 4.78 is 4.80. The van der Waals surface area contributed by atoms with Crippen LogP contribution in [0.4, 0.5) is 15.3 Å². The van der Waals surface area contributed by atoms with E-state index in [9.17, 15) is 19.2 Å². The van der Waals surface area contributed by atoms with Gasteiger partial charge in [0.25, 0.3) is 0 Å². The number of benzene rings is 1. The van der Waals surface area contributed by atoms with Crippen LogP contribution in [0.25, 0.3) is 0 Å². The molecule has 0 bridgehead atoms. The fourth-order valence-corrected chi connectivity index (χ4v) is 3.25. The molecule has 13 nitrogen and oxygen atoms in total. The van der Waals surface area contributed by atoms with E-state index in [0.717, 1.165) is 0 Å². The second-order valence-corrected chi connectivity index (χ2v) is 8.39. The highest BCUT2D eigenvalue weighted by Crippen LogP contribution is 2.22. The van der Waals surface area contributed by atoms with Crippen LogP contribution in [0.5, 0.6) is 0 Å². The lowest BCUT2D eigenvalue weighted by atomic mass is 10.2. The molecule has 13 heteroatoms. The monoisotopic (exact) mass is 505 g/mol. The average molecular weight is 506 g/mol. The van der Waals surface area contributed by atoms with E-state index in [1.54, 1.807) is 43.1 Å². The topological polar surface area (TPSA) is 159 Å². The van der Waals surface area contributed by atoms with Crippen molar-refractivity contribution in [3.8, 4) is 0 Å². The number of esters is 1. The maximum Gasteiger partial charge on any atom is 0.435 e. The second kappa shape index (κ2) is 13.9. The molecule has 0 spiro atoms. The van der Waals surface area contributed by atoms with Crippen molar-refractivity contribution in [2.45, 2.75) is 25.8 Å². The number of carbonyl (C=O) groups excluding carboxylic acids is 4. The Morgan fingerprint density at radius 3 is 2.50 bits per heavy atom. The van der Waals surface area contributed by atoms with Crippen LogP contribution in [0.1, 0.15) is 25.3 Å². The molecule has 4 N–H and O–H groups in total. The third kappa shape index (κ3) is 8.73. The first-order valence-corrected chi connectivity index (χ1v) is 11.6. The number of rotatable bonds is 11. The molecule has 1 aromatic carbocycles. The molecule has 0 saturated carbocycles. The largest absolute Gasteiger partial charge is 0.466 e. The number of urea groups is 1. The Bertz CT molecular complexity index is 951. The van der Waals surface area contributed by atoms with Gasteiger partial charge in [-0.2, -0.15) is 0 Å². The highest BCUT2D eigenvalue weighted by Gasteiger charge is 2.33. The summed E-state index contributed by atoms with van der Waals surface area (Å²) in [5, 5.41) is 8.87. The number of amidine groups is 1. The Kier molecular flexibility index (Phi) is 10.9. The first-order valence-electron chi connectivity index (χ1n) is 11.6. The molecule has 1 atom stereocenters. The van der Waals surface area contributed by atoms with Gasteiger partial charge in [0.15, 0.2) is 5.84 Å². The fourth-order valence-electron chi connectivity index (χ4n) is 3.25. The van der Waals surface area contributed by atoms with Crippen LogP contribution in [0.15, 0.2) is 29.4 Å². The summed E-state index contributed by atoms with van der Waals surface area (Å²) in [5.41, 5.74) is 7.08. The summed E-state index contributed by atoms with van der Waals surface area (Å²) in [6, 6.07) is 5.51. The Balaban J connectivity index is 1.86. The molecule has 1 aliphatic rings. The van der Waals surface area contributed by atoms with E-state index in [2.05, 4.69) is 15.8 Å². The molecule has 0 unspecified atom stereocenters. The van der Waals surface area contributed by atoms with E-state index >= 15 is 0 Å². The predicted molar refractivity (Wildman–Crippen MR) is 133 cm³/mol. The number of hydrogen-bond acceptors (Lipinski definition) is 8. The van der Waals surface area contributed by atoms with E-state index in [4.69, 9.17) is 15.3 Å². The predicted octanol–water partition coefficient (Wildman–Crippen LogP) is 0.295. The quantitative estimate of drug-likeness (QED) is 0.127. The SMILES string of the molecule is CCOC(=O)CCNC(=O)N[C@H]1CCN(c2ccc(/C(N)=N/OC(=O)N(C)CCN(C)C)cc2)C1=O. The second-order valence-electron chi connectivity index (χ2n) is 8.39. The summed E-state index contributed by atoms with van der Waals surface area (Å²) in [4.78, 5) is 57.9. The number of likely N-dealkylation sites (N-methyl/N-ethyl adjacent to an activating group) is 2. The number of oxime groups is 1. The third-order valence-corrected chi connectivity index (χ3v) is 5.32. The van der Waals surface area contributed by atoms with E-state index in [1.165, 1.54) is 4.90 Å². The summed E-state index contributed by atoms with van der Waals surface area (Å²) in [6.45, 7) is 3.67. The van der Waals surface area contributed by atoms with Crippen LogP contribution in [-0.4, -0.2) is 99.6 Å². The minimum Gasteiger partial charge on any atom is -0.466 e. The number of nitrogens with one attached hydrogen (secondary N) is 2. The van der Waals surface area contributed by atoms with E-state index in [0.29, 0.717) is 37.3 Å². The lowest BCUT2D eigenvalue weighted by Gasteiger charge is -2.18. The van der Waals surface area contributed by atoms with Crippen molar-refractivity contribution in [2.75, 3.05) is 58.8 Å². The van der Waals surface area contributed by atoms with Crippen molar-refractivity contribution < 1.29 is 28.8 Å². The molecule has 0 aliphatic carbocycles. The number of nitrogens with two attached hydrogens (primary N) is 1. The molecular weight excluding hydrogens is 470 g/mol. The van der Waals surface area contributed by atoms with Crippen LogP contribution in [0, 0.1) is 0 Å². The maximum atomic E-state index is 12.8. The highest BCUT2D eigenvalue weighted by atomic mass is 16.7. The van der Waals surface area contributed by atoms with Crippen molar-refractivity contribution in [2.24, 2.45) is 10.9 Å². The standard InChI is InChI=1S/C23H35N7O6/c1-5-35-19(31)10-12-25-22(33)26-18-11-13-30(21(18)32)17-8-6-16(7-9-17)20(24)27-36-23(34)29(4)15-14-28(2)3/h6-9,18H,5,10-15H2,1-4H3,(H2,24,27)(H2,25,26,33)/t18-/m0/s1. The van der Waals surface area contributed by atoms with Crippen LogP contribution in [0.3, 0.4) is 0 Å². The third-order valence-electron chi connectivity index (χ3n) is 5.32. The summed E-state index contributed by atoms with van der Waals surface area (Å²) in [7, 11) is 5.41.